The molecule has 1 aromatic heterocycles. The molecule has 0 spiro atoms. The summed E-state index contributed by atoms with van der Waals surface area (Å²) in [5.41, 5.74) is -5.23. The van der Waals surface area contributed by atoms with Gasteiger partial charge in [0.2, 0.25) is 0 Å². The van der Waals surface area contributed by atoms with Crippen LogP contribution in [0.3, 0.4) is 0 Å². The molecule has 3 aromatic rings. The maximum atomic E-state index is 13.5. The van der Waals surface area contributed by atoms with E-state index >= 15 is 0 Å². The highest BCUT2D eigenvalue weighted by atomic mass is 35.5. The summed E-state index contributed by atoms with van der Waals surface area (Å²) in [5, 5.41) is 11.7. The van der Waals surface area contributed by atoms with Crippen molar-refractivity contribution < 1.29 is 27.5 Å². The van der Waals surface area contributed by atoms with Gasteiger partial charge in [-0.15, -0.1) is 0 Å². The average molecular weight is 430 g/mol. The normalized spacial score (nSPS) is 13.9. The Labute approximate surface area is 165 Å². The number of hydrogen-bond acceptors (Lipinski definition) is 4. The Hall–Kier alpha value is -2.98. The molecule has 0 aliphatic heterocycles. The largest absolute Gasteiger partial charge is 0.430 e. The number of carbonyl (C=O) groups is 1. The zero-order valence-corrected chi connectivity index (χ0v) is 15.1. The number of aromatic amines is 1. The molecule has 0 bridgehead atoms. The lowest BCUT2D eigenvalue weighted by atomic mass is 9.92. The second-order valence-electron chi connectivity index (χ2n) is 6.05. The summed E-state index contributed by atoms with van der Waals surface area (Å²) in [5.74, 6) is -2.98. The number of para-hydroxylation sites is 1. The molecule has 29 heavy (non-hydrogen) atoms. The third-order valence-corrected chi connectivity index (χ3v) is 4.44. The molecule has 6 nitrogen and oxygen atoms in total. The van der Waals surface area contributed by atoms with Gasteiger partial charge in [-0.05, 0) is 24.3 Å². The minimum Gasteiger partial charge on any atom is -0.369 e. The number of fused-ring (bicyclic) bond motifs is 1. The van der Waals surface area contributed by atoms with Gasteiger partial charge in [0.1, 0.15) is 11.6 Å². The molecule has 1 atom stereocenters. The SMILES string of the molecule is O=C(NCc1nc2ccccc2c(=O)[nH]1)[C@](O)(c1ccc(F)c(Cl)c1)C(F)(F)F. The molecule has 0 aliphatic rings. The number of nitrogens with zero attached hydrogens (tertiary/aromatic N) is 1. The van der Waals surface area contributed by atoms with E-state index in [1.807, 2.05) is 5.32 Å². The molecule has 0 saturated heterocycles. The Kier molecular flexibility index (Phi) is 5.33. The van der Waals surface area contributed by atoms with Gasteiger partial charge >= 0.3 is 6.18 Å². The van der Waals surface area contributed by atoms with Crippen molar-refractivity contribution in [1.82, 2.24) is 15.3 Å². The van der Waals surface area contributed by atoms with Crippen LogP contribution in [-0.4, -0.2) is 27.2 Å². The first kappa shape index (κ1) is 20.7. The number of amides is 1. The summed E-state index contributed by atoms with van der Waals surface area (Å²) in [6, 6.07) is 7.96. The van der Waals surface area contributed by atoms with E-state index in [0.717, 1.165) is 0 Å². The summed E-state index contributed by atoms with van der Waals surface area (Å²) in [4.78, 5) is 30.7. The number of benzene rings is 2. The second kappa shape index (κ2) is 7.45. The van der Waals surface area contributed by atoms with Crippen LogP contribution in [0.4, 0.5) is 17.6 Å². The zero-order chi connectivity index (χ0) is 21.4. The summed E-state index contributed by atoms with van der Waals surface area (Å²) in [6.45, 7) is -0.605. The van der Waals surface area contributed by atoms with E-state index in [1.165, 1.54) is 12.1 Å². The van der Waals surface area contributed by atoms with Crippen molar-refractivity contribution in [2.45, 2.75) is 18.3 Å². The number of alkyl halides is 3. The van der Waals surface area contributed by atoms with Gasteiger partial charge in [-0.25, -0.2) is 9.37 Å². The van der Waals surface area contributed by atoms with E-state index < -0.39 is 46.2 Å². The van der Waals surface area contributed by atoms with Crippen molar-refractivity contribution in [1.29, 1.82) is 0 Å². The Bertz CT molecular complexity index is 1150. The third-order valence-electron chi connectivity index (χ3n) is 4.15. The van der Waals surface area contributed by atoms with Crippen molar-refractivity contribution in [3.63, 3.8) is 0 Å². The smallest absolute Gasteiger partial charge is 0.369 e. The number of H-pyrrole nitrogens is 1. The van der Waals surface area contributed by atoms with E-state index in [-0.39, 0.29) is 16.7 Å². The fourth-order valence-corrected chi connectivity index (χ4v) is 2.84. The third kappa shape index (κ3) is 3.81. The molecule has 0 saturated carbocycles. The number of carbonyl (C=O) groups excluding carboxylic acids is 1. The van der Waals surface area contributed by atoms with Gasteiger partial charge < -0.3 is 15.4 Å². The van der Waals surface area contributed by atoms with Crippen LogP contribution in [0.1, 0.15) is 11.4 Å². The van der Waals surface area contributed by atoms with Gasteiger partial charge in [-0.3, -0.25) is 9.59 Å². The minimum atomic E-state index is -5.44. The van der Waals surface area contributed by atoms with Crippen LogP contribution >= 0.6 is 11.6 Å². The Morgan fingerprint density at radius 3 is 2.55 bits per heavy atom. The number of aliphatic hydroxyl groups is 1. The maximum Gasteiger partial charge on any atom is 0.430 e. The standard InChI is InChI=1S/C18H12ClF4N3O3/c19-11-7-9(5-6-12(11)20)17(29,18(21,22)23)16(28)24-8-14-25-13-4-2-1-3-10(13)15(27)26-14/h1-7,29H,8H2,(H,24,28)(H,25,26,27)/t17-/m1/s1. The Morgan fingerprint density at radius 1 is 1.21 bits per heavy atom. The van der Waals surface area contributed by atoms with Gasteiger partial charge in [0, 0.05) is 5.56 Å². The van der Waals surface area contributed by atoms with Gasteiger partial charge in [0.05, 0.1) is 22.5 Å². The molecular formula is C18H12ClF4N3O3. The fourth-order valence-electron chi connectivity index (χ4n) is 2.66. The van der Waals surface area contributed by atoms with E-state index in [2.05, 4.69) is 9.97 Å². The van der Waals surface area contributed by atoms with Gasteiger partial charge in [0.25, 0.3) is 17.1 Å². The molecule has 0 fully saturated rings. The van der Waals surface area contributed by atoms with Crippen LogP contribution in [0.15, 0.2) is 47.3 Å². The summed E-state index contributed by atoms with van der Waals surface area (Å²) < 4.78 is 53.9. The molecule has 1 amide bonds. The van der Waals surface area contributed by atoms with E-state index in [4.69, 9.17) is 11.6 Å². The lowest BCUT2D eigenvalue weighted by Crippen LogP contribution is -2.54. The first-order chi connectivity index (χ1) is 13.5. The predicted octanol–water partition coefficient (Wildman–Crippen LogP) is 2.78. The zero-order valence-electron chi connectivity index (χ0n) is 14.3. The molecule has 11 heteroatoms. The van der Waals surface area contributed by atoms with E-state index in [0.29, 0.717) is 18.2 Å². The summed E-state index contributed by atoms with van der Waals surface area (Å²) >= 11 is 5.49. The molecule has 0 unspecified atom stereocenters. The Morgan fingerprint density at radius 2 is 1.90 bits per heavy atom. The molecule has 3 rings (SSSR count). The van der Waals surface area contributed by atoms with Crippen LogP contribution in [-0.2, 0) is 16.9 Å². The van der Waals surface area contributed by atoms with Crippen LogP contribution < -0.4 is 10.9 Å². The molecule has 1 heterocycles. The highest BCUT2D eigenvalue weighted by Gasteiger charge is 2.60. The number of hydrogen-bond donors (Lipinski definition) is 3. The number of halogens is 5. The molecule has 2 aromatic carbocycles. The van der Waals surface area contributed by atoms with Gasteiger partial charge in [-0.2, -0.15) is 13.2 Å². The van der Waals surface area contributed by atoms with Crippen molar-refractivity contribution in [2.75, 3.05) is 0 Å². The highest BCUT2D eigenvalue weighted by Crippen LogP contribution is 2.40. The number of aromatic nitrogens is 2. The quantitative estimate of drug-likeness (QED) is 0.556. The first-order valence-electron chi connectivity index (χ1n) is 8.05. The molecule has 0 aliphatic carbocycles. The van der Waals surface area contributed by atoms with Crippen LogP contribution in [0, 0.1) is 5.82 Å². The van der Waals surface area contributed by atoms with Crippen molar-refractivity contribution in [2.24, 2.45) is 0 Å². The predicted molar refractivity (Wildman–Crippen MR) is 95.6 cm³/mol. The molecule has 152 valence electrons. The molecule has 3 N–H and O–H groups in total. The van der Waals surface area contributed by atoms with Crippen LogP contribution in [0.5, 0.6) is 0 Å². The topological polar surface area (TPSA) is 95.1 Å². The van der Waals surface area contributed by atoms with Crippen LogP contribution in [0.25, 0.3) is 10.9 Å². The highest BCUT2D eigenvalue weighted by molar-refractivity contribution is 6.30. The van der Waals surface area contributed by atoms with Crippen molar-refractivity contribution in [3.05, 3.63) is 75.0 Å². The second-order valence-corrected chi connectivity index (χ2v) is 6.46. The lowest BCUT2D eigenvalue weighted by molar-refractivity contribution is -0.257. The van der Waals surface area contributed by atoms with E-state index in [9.17, 15) is 32.3 Å². The maximum absolute atomic E-state index is 13.5. The summed E-state index contributed by atoms with van der Waals surface area (Å²) in [7, 11) is 0. The van der Waals surface area contributed by atoms with Crippen molar-refractivity contribution >= 4 is 28.4 Å². The fraction of sp³-hybridized carbons (Fsp3) is 0.167. The lowest BCUT2D eigenvalue weighted by Gasteiger charge is -2.29. The number of rotatable bonds is 4. The van der Waals surface area contributed by atoms with Crippen molar-refractivity contribution in [3.8, 4) is 0 Å². The van der Waals surface area contributed by atoms with Gasteiger partial charge in [0.15, 0.2) is 0 Å². The Balaban J connectivity index is 1.92. The van der Waals surface area contributed by atoms with Gasteiger partial charge in [-0.1, -0.05) is 29.8 Å². The average Bonchev–Trinajstić information content (AvgIpc) is 2.66. The summed E-state index contributed by atoms with van der Waals surface area (Å²) in [6.07, 6.45) is -5.44. The molecule has 0 radical (unpaired) electrons. The molecular weight excluding hydrogens is 418 g/mol. The monoisotopic (exact) mass is 429 g/mol. The van der Waals surface area contributed by atoms with E-state index in [1.54, 1.807) is 12.1 Å². The van der Waals surface area contributed by atoms with Crippen LogP contribution in [0.2, 0.25) is 5.02 Å². The number of nitrogens with one attached hydrogen (secondary N) is 2. The minimum absolute atomic E-state index is 0.122. The first-order valence-corrected chi connectivity index (χ1v) is 8.42.